The summed E-state index contributed by atoms with van der Waals surface area (Å²) in [6, 6.07) is 8.13. The highest BCUT2D eigenvalue weighted by atomic mass is 19.4. The fraction of sp³-hybridized carbons (Fsp3) is 0.111. The van der Waals surface area contributed by atoms with Gasteiger partial charge < -0.3 is 5.32 Å². The number of hydrogen-bond acceptors (Lipinski definition) is 4. The quantitative estimate of drug-likeness (QED) is 0.725. The molecule has 0 aliphatic rings. The third-order valence-corrected chi connectivity index (χ3v) is 3.61. The standard InChI is InChI=1S/C18H13F3N4O/c1-2-15(26)23-10-14-24-16(13-4-3-9-22-17(13)25-14)11-5-7-12(8-6-11)18(19,20)21/h2-9H,1,10H2,(H,23,26). The van der Waals surface area contributed by atoms with Crippen molar-refractivity contribution in [2.24, 2.45) is 0 Å². The maximum atomic E-state index is 12.8. The van der Waals surface area contributed by atoms with Crippen LogP contribution >= 0.6 is 0 Å². The molecule has 0 aliphatic carbocycles. The van der Waals surface area contributed by atoms with Crippen LogP contribution in [-0.4, -0.2) is 20.9 Å². The Bertz CT molecular complexity index is 968. The summed E-state index contributed by atoms with van der Waals surface area (Å²) in [5, 5.41) is 3.17. The number of nitrogens with zero attached hydrogens (tertiary/aromatic N) is 3. The Morgan fingerprint density at radius 3 is 2.54 bits per heavy atom. The number of halogens is 3. The second kappa shape index (κ2) is 6.91. The van der Waals surface area contributed by atoms with Crippen LogP contribution < -0.4 is 5.32 Å². The minimum Gasteiger partial charge on any atom is -0.345 e. The Kier molecular flexibility index (Phi) is 4.66. The molecule has 1 amide bonds. The smallest absolute Gasteiger partial charge is 0.345 e. The molecule has 132 valence electrons. The molecule has 0 spiro atoms. The molecule has 0 saturated heterocycles. The van der Waals surface area contributed by atoms with Crippen molar-refractivity contribution in [1.29, 1.82) is 0 Å². The number of nitrogens with one attached hydrogen (secondary N) is 1. The average Bonchev–Trinajstić information content (AvgIpc) is 2.64. The van der Waals surface area contributed by atoms with Crippen LogP contribution in [0, 0.1) is 0 Å². The van der Waals surface area contributed by atoms with Gasteiger partial charge in [0.15, 0.2) is 11.5 Å². The highest BCUT2D eigenvalue weighted by Gasteiger charge is 2.30. The summed E-state index contributed by atoms with van der Waals surface area (Å²) in [6.07, 6.45) is -1.73. The molecule has 0 fully saturated rings. The van der Waals surface area contributed by atoms with Gasteiger partial charge in [0.25, 0.3) is 0 Å². The van der Waals surface area contributed by atoms with E-state index in [1.165, 1.54) is 12.1 Å². The second-order valence-electron chi connectivity index (χ2n) is 5.36. The van der Waals surface area contributed by atoms with Crippen molar-refractivity contribution in [2.45, 2.75) is 12.7 Å². The highest BCUT2D eigenvalue weighted by Crippen LogP contribution is 2.32. The molecular formula is C18H13F3N4O. The van der Waals surface area contributed by atoms with E-state index in [1.807, 2.05) is 0 Å². The zero-order chi connectivity index (χ0) is 18.7. The molecule has 2 heterocycles. The molecular weight excluding hydrogens is 345 g/mol. The van der Waals surface area contributed by atoms with E-state index in [2.05, 4.69) is 26.8 Å². The predicted octanol–water partition coefficient (Wildman–Crippen LogP) is 3.51. The van der Waals surface area contributed by atoms with Crippen LogP contribution in [0.15, 0.2) is 55.3 Å². The van der Waals surface area contributed by atoms with E-state index in [0.29, 0.717) is 28.1 Å². The Morgan fingerprint density at radius 2 is 1.88 bits per heavy atom. The molecule has 0 saturated carbocycles. The lowest BCUT2D eigenvalue weighted by molar-refractivity contribution is -0.137. The van der Waals surface area contributed by atoms with Crippen LogP contribution in [0.3, 0.4) is 0 Å². The van der Waals surface area contributed by atoms with Crippen molar-refractivity contribution >= 4 is 16.9 Å². The van der Waals surface area contributed by atoms with Gasteiger partial charge in [-0.2, -0.15) is 13.2 Å². The highest BCUT2D eigenvalue weighted by molar-refractivity contribution is 5.90. The van der Waals surface area contributed by atoms with E-state index in [-0.39, 0.29) is 12.5 Å². The third kappa shape index (κ3) is 3.69. The van der Waals surface area contributed by atoms with Gasteiger partial charge in [-0.05, 0) is 30.3 Å². The molecule has 1 N–H and O–H groups in total. The van der Waals surface area contributed by atoms with Crippen LogP contribution in [0.2, 0.25) is 0 Å². The van der Waals surface area contributed by atoms with Gasteiger partial charge in [-0.15, -0.1) is 0 Å². The van der Waals surface area contributed by atoms with Crippen LogP contribution in [0.5, 0.6) is 0 Å². The molecule has 26 heavy (non-hydrogen) atoms. The van der Waals surface area contributed by atoms with Crippen LogP contribution in [0.1, 0.15) is 11.4 Å². The van der Waals surface area contributed by atoms with Gasteiger partial charge in [0.05, 0.1) is 17.8 Å². The first kappa shape index (κ1) is 17.5. The number of alkyl halides is 3. The van der Waals surface area contributed by atoms with Gasteiger partial charge in [-0.3, -0.25) is 4.79 Å². The second-order valence-corrected chi connectivity index (χ2v) is 5.36. The molecule has 0 radical (unpaired) electrons. The maximum Gasteiger partial charge on any atom is 0.416 e. The van der Waals surface area contributed by atoms with E-state index in [4.69, 9.17) is 0 Å². The molecule has 3 aromatic rings. The molecule has 0 bridgehead atoms. The number of amides is 1. The van der Waals surface area contributed by atoms with Crippen molar-refractivity contribution in [3.05, 3.63) is 66.6 Å². The van der Waals surface area contributed by atoms with E-state index >= 15 is 0 Å². The molecule has 0 atom stereocenters. The summed E-state index contributed by atoms with van der Waals surface area (Å²) >= 11 is 0. The van der Waals surface area contributed by atoms with Crippen molar-refractivity contribution in [2.75, 3.05) is 0 Å². The molecule has 2 aromatic heterocycles. The first-order valence-electron chi connectivity index (χ1n) is 7.58. The predicted molar refractivity (Wildman–Crippen MR) is 89.8 cm³/mol. The van der Waals surface area contributed by atoms with E-state index in [1.54, 1.807) is 18.3 Å². The number of hydrogen-bond donors (Lipinski definition) is 1. The van der Waals surface area contributed by atoms with Gasteiger partial charge >= 0.3 is 6.18 Å². The molecule has 0 unspecified atom stereocenters. The van der Waals surface area contributed by atoms with Crippen molar-refractivity contribution < 1.29 is 18.0 Å². The number of benzene rings is 1. The normalized spacial score (nSPS) is 11.3. The molecule has 0 aliphatic heterocycles. The van der Waals surface area contributed by atoms with Crippen molar-refractivity contribution in [3.8, 4) is 11.3 Å². The SMILES string of the molecule is C=CC(=O)NCc1nc(-c2ccc(C(F)(F)F)cc2)c2cccnc2n1. The summed E-state index contributed by atoms with van der Waals surface area (Å²) in [7, 11) is 0. The van der Waals surface area contributed by atoms with Gasteiger partial charge in [0.2, 0.25) is 5.91 Å². The monoisotopic (exact) mass is 358 g/mol. The topological polar surface area (TPSA) is 67.8 Å². The summed E-state index contributed by atoms with van der Waals surface area (Å²) in [5.41, 5.74) is 0.589. The molecule has 1 aromatic carbocycles. The number of carbonyl (C=O) groups is 1. The van der Waals surface area contributed by atoms with E-state index in [9.17, 15) is 18.0 Å². The minimum absolute atomic E-state index is 0.0466. The van der Waals surface area contributed by atoms with Gasteiger partial charge in [0, 0.05) is 17.1 Å². The maximum absolute atomic E-state index is 12.8. The molecule has 5 nitrogen and oxygen atoms in total. The fourth-order valence-corrected chi connectivity index (χ4v) is 2.36. The zero-order valence-electron chi connectivity index (χ0n) is 13.4. The summed E-state index contributed by atoms with van der Waals surface area (Å²) < 4.78 is 38.3. The molecule has 8 heteroatoms. The van der Waals surface area contributed by atoms with E-state index in [0.717, 1.165) is 18.2 Å². The van der Waals surface area contributed by atoms with Crippen molar-refractivity contribution in [3.63, 3.8) is 0 Å². The fourth-order valence-electron chi connectivity index (χ4n) is 2.36. The zero-order valence-corrected chi connectivity index (χ0v) is 13.4. The van der Waals surface area contributed by atoms with Gasteiger partial charge in [-0.25, -0.2) is 15.0 Å². The van der Waals surface area contributed by atoms with Crippen LogP contribution in [0.4, 0.5) is 13.2 Å². The Balaban J connectivity index is 2.05. The largest absolute Gasteiger partial charge is 0.416 e. The number of pyridine rings is 1. The first-order valence-corrected chi connectivity index (χ1v) is 7.58. The first-order chi connectivity index (χ1) is 12.4. The lowest BCUT2D eigenvalue weighted by Gasteiger charge is -2.10. The number of carbonyl (C=O) groups excluding carboxylic acids is 1. The lowest BCUT2D eigenvalue weighted by Crippen LogP contribution is -2.21. The summed E-state index contributed by atoms with van der Waals surface area (Å²) in [5.74, 6) is -0.0907. The van der Waals surface area contributed by atoms with Crippen LogP contribution in [0.25, 0.3) is 22.3 Å². The lowest BCUT2D eigenvalue weighted by atomic mass is 10.1. The number of aromatic nitrogens is 3. The van der Waals surface area contributed by atoms with Gasteiger partial charge in [-0.1, -0.05) is 18.7 Å². The average molecular weight is 358 g/mol. The summed E-state index contributed by atoms with van der Waals surface area (Å²) in [4.78, 5) is 24.2. The number of fused-ring (bicyclic) bond motifs is 1. The van der Waals surface area contributed by atoms with Gasteiger partial charge in [0.1, 0.15) is 0 Å². The Morgan fingerprint density at radius 1 is 1.15 bits per heavy atom. The third-order valence-electron chi connectivity index (χ3n) is 3.61. The molecule has 3 rings (SSSR count). The van der Waals surface area contributed by atoms with Crippen LogP contribution in [-0.2, 0) is 17.5 Å². The Hall–Kier alpha value is -3.29. The van der Waals surface area contributed by atoms with Crippen molar-refractivity contribution in [1.82, 2.24) is 20.3 Å². The summed E-state index contributed by atoms with van der Waals surface area (Å²) in [6.45, 7) is 3.41. The Labute approximate surface area is 146 Å². The number of rotatable bonds is 4. The minimum atomic E-state index is -4.41. The van der Waals surface area contributed by atoms with E-state index < -0.39 is 11.7 Å².